The van der Waals surface area contributed by atoms with Crippen LogP contribution in [0.1, 0.15) is 15.9 Å². The van der Waals surface area contributed by atoms with Crippen LogP contribution in [-0.4, -0.2) is 22.0 Å². The molecule has 0 bridgehead atoms. The second-order valence-corrected chi connectivity index (χ2v) is 6.42. The van der Waals surface area contributed by atoms with Gasteiger partial charge in [-0.05, 0) is 54.5 Å². The molecule has 0 saturated carbocycles. The van der Waals surface area contributed by atoms with Gasteiger partial charge >= 0.3 is 0 Å². The predicted molar refractivity (Wildman–Crippen MR) is 106 cm³/mol. The molecule has 0 unspecified atom stereocenters. The maximum Gasteiger partial charge on any atom is 0.262 e. The molecule has 3 aromatic rings. The number of fused-ring (bicyclic) bond motifs is 1. The van der Waals surface area contributed by atoms with E-state index in [1.165, 1.54) is 16.7 Å². The Morgan fingerprint density at radius 2 is 2.11 bits per heavy atom. The molecule has 7 heteroatoms. The first-order valence-corrected chi connectivity index (χ1v) is 8.81. The average molecular weight is 383 g/mol. The zero-order valence-electron chi connectivity index (χ0n) is 14.5. The highest BCUT2D eigenvalue weighted by Gasteiger charge is 2.10. The van der Waals surface area contributed by atoms with Gasteiger partial charge in [-0.15, -0.1) is 6.58 Å². The third-order valence-corrected chi connectivity index (χ3v) is 4.47. The molecule has 5 nitrogen and oxygen atoms in total. The lowest BCUT2D eigenvalue weighted by Gasteiger charge is -2.08. The second-order valence-electron chi connectivity index (χ2n) is 6.03. The van der Waals surface area contributed by atoms with E-state index in [-0.39, 0.29) is 22.1 Å². The van der Waals surface area contributed by atoms with Crippen LogP contribution < -0.4 is 10.9 Å². The van der Waals surface area contributed by atoms with E-state index < -0.39 is 0 Å². The van der Waals surface area contributed by atoms with Gasteiger partial charge in [0.2, 0.25) is 0 Å². The summed E-state index contributed by atoms with van der Waals surface area (Å²) in [7, 11) is 0. The van der Waals surface area contributed by atoms with Crippen molar-refractivity contribution in [2.45, 2.75) is 13.0 Å². The maximum atomic E-state index is 13.2. The van der Waals surface area contributed by atoms with Gasteiger partial charge in [-0.25, -0.2) is 4.39 Å². The summed E-state index contributed by atoms with van der Waals surface area (Å²) in [5.74, 6) is -0.575. The van der Waals surface area contributed by atoms with Crippen LogP contribution in [0, 0.1) is 10.6 Å². The van der Waals surface area contributed by atoms with Crippen molar-refractivity contribution < 1.29 is 9.18 Å². The van der Waals surface area contributed by atoms with E-state index in [1.807, 2.05) is 0 Å². The fraction of sp³-hybridized carbons (Fsp3) is 0.150. The van der Waals surface area contributed by atoms with Crippen LogP contribution in [0.3, 0.4) is 0 Å². The van der Waals surface area contributed by atoms with Gasteiger partial charge in [0.1, 0.15) is 5.82 Å². The van der Waals surface area contributed by atoms with Gasteiger partial charge in [-0.2, -0.15) is 0 Å². The Morgan fingerprint density at radius 1 is 1.30 bits per heavy atom. The van der Waals surface area contributed by atoms with Gasteiger partial charge in [0.05, 0.1) is 10.9 Å². The van der Waals surface area contributed by atoms with Gasteiger partial charge in [0, 0.05) is 18.7 Å². The van der Waals surface area contributed by atoms with Crippen molar-refractivity contribution in [3.63, 3.8) is 0 Å². The van der Waals surface area contributed by atoms with E-state index in [4.69, 9.17) is 12.2 Å². The third kappa shape index (κ3) is 4.20. The number of hydrogen-bond acceptors (Lipinski definition) is 3. The Balaban J connectivity index is 1.77. The molecule has 1 aromatic heterocycles. The van der Waals surface area contributed by atoms with Gasteiger partial charge in [0.25, 0.3) is 11.5 Å². The van der Waals surface area contributed by atoms with Crippen molar-refractivity contribution in [1.29, 1.82) is 0 Å². The predicted octanol–water partition coefficient (Wildman–Crippen LogP) is 3.36. The molecule has 1 heterocycles. The van der Waals surface area contributed by atoms with E-state index in [2.05, 4.69) is 16.9 Å². The van der Waals surface area contributed by atoms with Crippen LogP contribution in [0.4, 0.5) is 4.39 Å². The number of nitrogens with one attached hydrogen (secondary N) is 2. The highest BCUT2D eigenvalue weighted by molar-refractivity contribution is 7.71. The maximum absolute atomic E-state index is 13.2. The van der Waals surface area contributed by atoms with Gasteiger partial charge < -0.3 is 10.3 Å². The molecule has 3 rings (SSSR count). The summed E-state index contributed by atoms with van der Waals surface area (Å²) in [6.45, 7) is 4.30. The number of rotatable bonds is 6. The van der Waals surface area contributed by atoms with Crippen molar-refractivity contribution in [2.24, 2.45) is 0 Å². The van der Waals surface area contributed by atoms with E-state index in [0.29, 0.717) is 36.0 Å². The number of carbonyl (C=O) groups is 1. The topological polar surface area (TPSA) is 66.9 Å². The molecule has 0 aliphatic carbocycles. The highest BCUT2D eigenvalue weighted by Crippen LogP contribution is 2.11. The quantitative estimate of drug-likeness (QED) is 0.507. The third-order valence-electron chi connectivity index (χ3n) is 4.14. The van der Waals surface area contributed by atoms with E-state index in [9.17, 15) is 14.0 Å². The Hall–Kier alpha value is -3.06. The van der Waals surface area contributed by atoms with Crippen molar-refractivity contribution in [3.05, 3.63) is 87.2 Å². The van der Waals surface area contributed by atoms with Crippen molar-refractivity contribution in [1.82, 2.24) is 14.9 Å². The Kier molecular flexibility index (Phi) is 5.61. The second kappa shape index (κ2) is 8.09. The summed E-state index contributed by atoms with van der Waals surface area (Å²) >= 11 is 5.20. The molecule has 1 amide bonds. The normalized spacial score (nSPS) is 10.7. The number of H-pyrrole nitrogens is 1. The number of benzene rings is 2. The fourth-order valence-corrected chi connectivity index (χ4v) is 3.07. The minimum Gasteiger partial charge on any atom is -0.352 e. The molecule has 27 heavy (non-hydrogen) atoms. The van der Waals surface area contributed by atoms with Crippen LogP contribution in [0.25, 0.3) is 10.9 Å². The first kappa shape index (κ1) is 18.7. The van der Waals surface area contributed by atoms with Gasteiger partial charge in [0.15, 0.2) is 4.77 Å². The molecule has 0 spiro atoms. The Bertz CT molecular complexity index is 1130. The first-order chi connectivity index (χ1) is 13.0. The summed E-state index contributed by atoms with van der Waals surface area (Å²) in [4.78, 5) is 27.8. The number of nitrogens with zero attached hydrogens (tertiary/aromatic N) is 1. The zero-order valence-corrected chi connectivity index (χ0v) is 15.3. The standard InChI is InChI=1S/C20H18FN3O2S/c1-2-10-24-19(26)16-7-6-14(12-17(16)23-20(24)27)18(25)22-9-8-13-4-3-5-15(21)11-13/h2-7,11-12H,1,8-10H2,(H,22,25)(H,23,27). The molecule has 0 radical (unpaired) electrons. The van der Waals surface area contributed by atoms with Crippen LogP contribution in [-0.2, 0) is 13.0 Å². The van der Waals surface area contributed by atoms with Crippen LogP contribution in [0.5, 0.6) is 0 Å². The highest BCUT2D eigenvalue weighted by atomic mass is 32.1. The summed E-state index contributed by atoms with van der Waals surface area (Å²) < 4.78 is 14.9. The molecule has 0 aliphatic heterocycles. The number of carbonyl (C=O) groups excluding carboxylic acids is 1. The van der Waals surface area contributed by atoms with Gasteiger partial charge in [-0.3, -0.25) is 14.2 Å². The van der Waals surface area contributed by atoms with Gasteiger partial charge in [-0.1, -0.05) is 18.2 Å². The zero-order chi connectivity index (χ0) is 19.4. The molecule has 0 aliphatic rings. The van der Waals surface area contributed by atoms with Crippen LogP contribution in [0.15, 0.2) is 59.9 Å². The summed E-state index contributed by atoms with van der Waals surface area (Å²) in [6.07, 6.45) is 2.11. The Labute approximate surface area is 160 Å². The fourth-order valence-electron chi connectivity index (χ4n) is 2.81. The molecule has 138 valence electrons. The SMILES string of the molecule is C=CCn1c(=S)[nH]c2cc(C(=O)NCCc3cccc(F)c3)ccc2c1=O. The molecule has 0 atom stereocenters. The largest absolute Gasteiger partial charge is 0.352 e. The lowest BCUT2D eigenvalue weighted by atomic mass is 10.1. The minimum absolute atomic E-state index is 0.230. The number of aromatic amines is 1. The summed E-state index contributed by atoms with van der Waals surface area (Å²) in [5.41, 5.74) is 1.49. The molecule has 2 N–H and O–H groups in total. The lowest BCUT2D eigenvalue weighted by molar-refractivity contribution is 0.0954. The van der Waals surface area contributed by atoms with Crippen molar-refractivity contribution in [2.75, 3.05) is 6.54 Å². The molecular formula is C20H18FN3O2S. The minimum atomic E-state index is -0.300. The smallest absolute Gasteiger partial charge is 0.262 e. The number of aromatic nitrogens is 2. The number of hydrogen-bond donors (Lipinski definition) is 2. The summed E-state index contributed by atoms with van der Waals surface area (Å²) in [6, 6.07) is 11.1. The molecule has 0 fully saturated rings. The van der Waals surface area contributed by atoms with Crippen LogP contribution >= 0.6 is 12.2 Å². The average Bonchev–Trinajstić information content (AvgIpc) is 2.64. The van der Waals surface area contributed by atoms with E-state index >= 15 is 0 Å². The van der Waals surface area contributed by atoms with E-state index in [0.717, 1.165) is 5.56 Å². The molecule has 2 aromatic carbocycles. The number of amides is 1. The Morgan fingerprint density at radius 3 is 2.85 bits per heavy atom. The van der Waals surface area contributed by atoms with Crippen molar-refractivity contribution in [3.8, 4) is 0 Å². The molecule has 0 saturated heterocycles. The van der Waals surface area contributed by atoms with Crippen LogP contribution in [0.2, 0.25) is 0 Å². The number of halogens is 1. The van der Waals surface area contributed by atoms with E-state index in [1.54, 1.807) is 36.4 Å². The molecular weight excluding hydrogens is 365 g/mol. The number of allylic oxidation sites excluding steroid dienone is 1. The van der Waals surface area contributed by atoms with Crippen molar-refractivity contribution >= 4 is 29.0 Å². The first-order valence-electron chi connectivity index (χ1n) is 8.40. The monoisotopic (exact) mass is 383 g/mol. The summed E-state index contributed by atoms with van der Waals surface area (Å²) in [5, 5.41) is 3.24. The lowest BCUT2D eigenvalue weighted by Crippen LogP contribution is -2.26.